The second-order valence-corrected chi connectivity index (χ2v) is 11.4. The molecule has 0 fully saturated rings. The van der Waals surface area contributed by atoms with Crippen LogP contribution in [0.25, 0.3) is 5.69 Å². The molecule has 0 bridgehead atoms. The van der Waals surface area contributed by atoms with Gasteiger partial charge < -0.3 is 19.5 Å². The van der Waals surface area contributed by atoms with Crippen molar-refractivity contribution in [2.75, 3.05) is 26.1 Å². The SMILES string of the molecule is COc1cccc(OC)c1-n1c(NS(=O)(=O)[C@@H](C)[C@H](OC)c2ncc(C)cn2)nnc1[C@H]1NC(=O)c2ccccc21. The number of benzene rings is 2. The lowest BCUT2D eigenvalue weighted by Gasteiger charge is -2.23. The number of ether oxygens (including phenoxy) is 3. The molecule has 1 aliphatic heterocycles. The van der Waals surface area contributed by atoms with Gasteiger partial charge in [-0.25, -0.2) is 18.4 Å². The Morgan fingerprint density at radius 2 is 1.63 bits per heavy atom. The molecule has 3 heterocycles. The average Bonchev–Trinajstić information content (AvgIpc) is 3.53. The number of fused-ring (bicyclic) bond motifs is 1. The fourth-order valence-electron chi connectivity index (χ4n) is 4.71. The number of carbonyl (C=O) groups is 1. The van der Waals surface area contributed by atoms with Crippen LogP contribution in [0.2, 0.25) is 0 Å². The molecule has 5 rings (SSSR count). The molecule has 3 atom stereocenters. The van der Waals surface area contributed by atoms with Gasteiger partial charge in [0.2, 0.25) is 16.0 Å². The maximum absolute atomic E-state index is 13.8. The highest BCUT2D eigenvalue weighted by Crippen LogP contribution is 2.39. The highest BCUT2D eigenvalue weighted by atomic mass is 32.2. The first kappa shape index (κ1) is 28.0. The summed E-state index contributed by atoms with van der Waals surface area (Å²) in [4.78, 5) is 21.3. The molecule has 2 aromatic heterocycles. The third-order valence-corrected chi connectivity index (χ3v) is 8.52. The molecular weight excluding hydrogens is 550 g/mol. The molecule has 0 radical (unpaired) electrons. The van der Waals surface area contributed by atoms with E-state index in [1.165, 1.54) is 32.8 Å². The van der Waals surface area contributed by atoms with Crippen LogP contribution in [0.1, 0.15) is 52.2 Å². The van der Waals surface area contributed by atoms with Gasteiger partial charge >= 0.3 is 0 Å². The quantitative estimate of drug-likeness (QED) is 0.286. The minimum atomic E-state index is -4.18. The number of aryl methyl sites for hydroxylation is 1. The van der Waals surface area contributed by atoms with Crippen molar-refractivity contribution in [1.82, 2.24) is 30.0 Å². The monoisotopic (exact) mass is 579 g/mol. The van der Waals surface area contributed by atoms with Gasteiger partial charge in [0.1, 0.15) is 34.6 Å². The Labute approximate surface area is 237 Å². The molecule has 1 amide bonds. The van der Waals surface area contributed by atoms with Gasteiger partial charge in [0.05, 0.1) is 14.2 Å². The summed E-state index contributed by atoms with van der Waals surface area (Å²) in [7, 11) is 0.164. The number of methoxy groups -OCH3 is 3. The van der Waals surface area contributed by atoms with E-state index >= 15 is 0 Å². The van der Waals surface area contributed by atoms with Crippen molar-refractivity contribution in [2.24, 2.45) is 0 Å². The number of hydrogen-bond donors (Lipinski definition) is 2. The first-order chi connectivity index (χ1) is 19.7. The zero-order valence-electron chi connectivity index (χ0n) is 23.0. The molecule has 0 spiro atoms. The minimum absolute atomic E-state index is 0.145. The van der Waals surface area contributed by atoms with Crippen molar-refractivity contribution in [2.45, 2.75) is 31.2 Å². The number of hydrogen-bond acceptors (Lipinski definition) is 10. The normalized spacial score (nSPS) is 16.0. The first-order valence-electron chi connectivity index (χ1n) is 12.6. The molecular formula is C27H29N7O6S. The zero-order valence-corrected chi connectivity index (χ0v) is 23.8. The van der Waals surface area contributed by atoms with E-state index < -0.39 is 27.4 Å². The number of nitrogens with zero attached hydrogens (tertiary/aromatic N) is 5. The fourth-order valence-corrected chi connectivity index (χ4v) is 5.84. The third-order valence-electron chi connectivity index (χ3n) is 6.82. The molecule has 214 valence electrons. The molecule has 4 aromatic rings. The van der Waals surface area contributed by atoms with Crippen LogP contribution in [-0.4, -0.2) is 65.6 Å². The Morgan fingerprint density at radius 1 is 0.976 bits per heavy atom. The predicted molar refractivity (Wildman–Crippen MR) is 149 cm³/mol. The van der Waals surface area contributed by atoms with Crippen LogP contribution in [0.5, 0.6) is 11.5 Å². The van der Waals surface area contributed by atoms with Gasteiger partial charge in [-0.15, -0.1) is 10.2 Å². The van der Waals surface area contributed by atoms with Gasteiger partial charge in [0.15, 0.2) is 11.6 Å². The van der Waals surface area contributed by atoms with E-state index in [1.807, 2.05) is 6.92 Å². The van der Waals surface area contributed by atoms with E-state index in [9.17, 15) is 13.2 Å². The number of amides is 1. The number of nitrogens with one attached hydrogen (secondary N) is 2. The van der Waals surface area contributed by atoms with E-state index in [1.54, 1.807) is 54.9 Å². The Kier molecular flexibility index (Phi) is 7.60. The second kappa shape index (κ2) is 11.1. The lowest BCUT2D eigenvalue weighted by Crippen LogP contribution is -2.33. The van der Waals surface area contributed by atoms with Gasteiger partial charge in [-0.1, -0.05) is 24.3 Å². The fraction of sp³-hybridized carbons (Fsp3) is 0.296. The molecule has 14 heteroatoms. The topological polar surface area (TPSA) is 159 Å². The van der Waals surface area contributed by atoms with Crippen LogP contribution in [-0.2, 0) is 14.8 Å². The van der Waals surface area contributed by atoms with Gasteiger partial charge in [0.25, 0.3) is 5.91 Å². The van der Waals surface area contributed by atoms with E-state index in [0.717, 1.165) is 5.56 Å². The Bertz CT molecular complexity index is 1670. The first-order valence-corrected chi connectivity index (χ1v) is 14.1. The van der Waals surface area contributed by atoms with Crippen molar-refractivity contribution in [1.29, 1.82) is 0 Å². The number of para-hydroxylation sites is 1. The summed E-state index contributed by atoms with van der Waals surface area (Å²) in [5.74, 6) is 0.743. The number of sulfonamides is 1. The molecule has 0 aliphatic carbocycles. The third kappa shape index (κ3) is 5.07. The standard InChI is InChI=1S/C27H29N7O6S/c1-15-13-28-24(29-14-15)23(40-5)16(2)41(36,37)33-27-32-31-25(21-17-9-6-7-10-18(17)26(35)30-21)34(27)22-19(38-3)11-8-12-20(22)39-4/h6-14,16,21,23H,1-5H3,(H,30,35)(H,32,33)/t16-,21-,23-/m0/s1. The molecule has 0 saturated carbocycles. The molecule has 0 saturated heterocycles. The number of anilines is 1. The highest BCUT2D eigenvalue weighted by molar-refractivity contribution is 7.93. The van der Waals surface area contributed by atoms with Crippen molar-refractivity contribution in [3.05, 3.63) is 83.2 Å². The lowest BCUT2D eigenvalue weighted by molar-refractivity contribution is 0.0949. The minimum Gasteiger partial charge on any atom is -0.494 e. The maximum Gasteiger partial charge on any atom is 0.252 e. The molecule has 0 unspecified atom stereocenters. The smallest absolute Gasteiger partial charge is 0.252 e. The maximum atomic E-state index is 13.8. The second-order valence-electron chi connectivity index (χ2n) is 9.35. The van der Waals surface area contributed by atoms with Crippen LogP contribution in [0.3, 0.4) is 0 Å². The molecule has 13 nitrogen and oxygen atoms in total. The summed E-state index contributed by atoms with van der Waals surface area (Å²) in [6.07, 6.45) is 2.20. The van der Waals surface area contributed by atoms with Gasteiger partial charge in [0, 0.05) is 25.1 Å². The Hall–Kier alpha value is -4.56. The van der Waals surface area contributed by atoms with Crippen molar-refractivity contribution in [3.63, 3.8) is 0 Å². The number of aromatic nitrogens is 5. The summed E-state index contributed by atoms with van der Waals surface area (Å²) < 4.78 is 48.3. The van der Waals surface area contributed by atoms with E-state index in [0.29, 0.717) is 28.3 Å². The van der Waals surface area contributed by atoms with Crippen LogP contribution < -0.4 is 19.5 Å². The zero-order chi connectivity index (χ0) is 29.3. The average molecular weight is 580 g/mol. The van der Waals surface area contributed by atoms with E-state index in [-0.39, 0.29) is 23.5 Å². The molecule has 1 aliphatic rings. The number of carbonyl (C=O) groups excluding carboxylic acids is 1. The van der Waals surface area contributed by atoms with E-state index in [4.69, 9.17) is 14.2 Å². The molecule has 41 heavy (non-hydrogen) atoms. The van der Waals surface area contributed by atoms with Gasteiger partial charge in [-0.05, 0) is 43.2 Å². The summed E-state index contributed by atoms with van der Waals surface area (Å²) in [6.45, 7) is 3.31. The molecule has 2 N–H and O–H groups in total. The Balaban J connectivity index is 1.63. The molecule has 2 aromatic carbocycles. The predicted octanol–water partition coefficient (Wildman–Crippen LogP) is 2.73. The van der Waals surface area contributed by atoms with E-state index in [2.05, 4.69) is 30.2 Å². The summed E-state index contributed by atoms with van der Waals surface area (Å²) in [6, 6.07) is 11.5. The van der Waals surface area contributed by atoms with Crippen LogP contribution in [0, 0.1) is 6.92 Å². The van der Waals surface area contributed by atoms with Gasteiger partial charge in [-0.3, -0.25) is 14.1 Å². The highest BCUT2D eigenvalue weighted by Gasteiger charge is 2.38. The van der Waals surface area contributed by atoms with Crippen LogP contribution >= 0.6 is 0 Å². The summed E-state index contributed by atoms with van der Waals surface area (Å²) >= 11 is 0. The number of rotatable bonds is 10. The van der Waals surface area contributed by atoms with Gasteiger partial charge in [-0.2, -0.15) is 0 Å². The van der Waals surface area contributed by atoms with Crippen molar-refractivity contribution < 1.29 is 27.4 Å². The van der Waals surface area contributed by atoms with Crippen molar-refractivity contribution >= 4 is 21.9 Å². The van der Waals surface area contributed by atoms with Crippen LogP contribution in [0.15, 0.2) is 54.9 Å². The largest absolute Gasteiger partial charge is 0.494 e. The summed E-state index contributed by atoms with van der Waals surface area (Å²) in [5.41, 5.74) is 2.31. The Morgan fingerprint density at radius 3 is 2.27 bits per heavy atom. The lowest BCUT2D eigenvalue weighted by atomic mass is 10.0. The van der Waals surface area contributed by atoms with Crippen molar-refractivity contribution in [3.8, 4) is 17.2 Å². The summed E-state index contributed by atoms with van der Waals surface area (Å²) in [5, 5.41) is 10.3. The van der Waals surface area contributed by atoms with Crippen LogP contribution in [0.4, 0.5) is 5.95 Å².